The summed E-state index contributed by atoms with van der Waals surface area (Å²) in [5.74, 6) is -0.942. The highest BCUT2D eigenvalue weighted by Crippen LogP contribution is 2.29. The fourth-order valence-electron chi connectivity index (χ4n) is 1.81. The van der Waals surface area contributed by atoms with Crippen molar-refractivity contribution in [3.05, 3.63) is 30.2 Å². The second-order valence-corrected chi connectivity index (χ2v) is 5.45. The van der Waals surface area contributed by atoms with Crippen LogP contribution in [0.3, 0.4) is 0 Å². The van der Waals surface area contributed by atoms with E-state index in [0.29, 0.717) is 10.8 Å². The molecule has 2 N–H and O–H groups in total. The van der Waals surface area contributed by atoms with Crippen LogP contribution in [0.25, 0.3) is 10.9 Å². The Labute approximate surface area is 105 Å². The van der Waals surface area contributed by atoms with Crippen molar-refractivity contribution in [3.8, 4) is 0 Å². The van der Waals surface area contributed by atoms with Crippen LogP contribution in [-0.2, 0) is 16.6 Å². The van der Waals surface area contributed by atoms with Crippen LogP contribution in [0.2, 0.25) is 0 Å². The standard InChI is InChI=1S/C10H8F4N2O2S/c11-6-2-1-3-7-9(6)8(19(15,17)18)4-16(7)5-10(12,13)14/h1-4H,5H2,(H2,15,17,18). The van der Waals surface area contributed by atoms with Gasteiger partial charge in [0.25, 0.3) is 0 Å². The maximum atomic E-state index is 13.6. The summed E-state index contributed by atoms with van der Waals surface area (Å²) in [5, 5.41) is 4.44. The third-order valence-corrected chi connectivity index (χ3v) is 3.40. The molecule has 19 heavy (non-hydrogen) atoms. The van der Waals surface area contributed by atoms with Crippen LogP contribution >= 0.6 is 0 Å². The average molecular weight is 296 g/mol. The Morgan fingerprint density at radius 2 is 1.89 bits per heavy atom. The molecule has 1 heterocycles. The minimum Gasteiger partial charge on any atom is -0.337 e. The van der Waals surface area contributed by atoms with Gasteiger partial charge >= 0.3 is 6.18 Å². The first-order valence-corrected chi connectivity index (χ1v) is 6.51. The Hall–Kier alpha value is -1.61. The van der Waals surface area contributed by atoms with Gasteiger partial charge in [-0.2, -0.15) is 13.2 Å². The zero-order chi connectivity index (χ0) is 14.4. The van der Waals surface area contributed by atoms with E-state index in [0.717, 1.165) is 6.07 Å². The topological polar surface area (TPSA) is 65.1 Å². The molecule has 0 aliphatic carbocycles. The highest BCUT2D eigenvalue weighted by atomic mass is 32.2. The summed E-state index contributed by atoms with van der Waals surface area (Å²) in [7, 11) is -4.31. The lowest BCUT2D eigenvalue weighted by Crippen LogP contribution is -2.17. The van der Waals surface area contributed by atoms with Crippen LogP contribution in [-0.4, -0.2) is 19.2 Å². The number of hydrogen-bond donors (Lipinski definition) is 1. The number of benzene rings is 1. The summed E-state index contributed by atoms with van der Waals surface area (Å²) in [5.41, 5.74) is -0.179. The molecule has 0 spiro atoms. The van der Waals surface area contributed by atoms with Gasteiger partial charge in [0, 0.05) is 6.20 Å². The van der Waals surface area contributed by atoms with E-state index in [1.54, 1.807) is 0 Å². The SMILES string of the molecule is NS(=O)(=O)c1cn(CC(F)(F)F)c2cccc(F)c12. The van der Waals surface area contributed by atoms with Crippen molar-refractivity contribution >= 4 is 20.9 Å². The molecule has 0 aliphatic heterocycles. The number of nitrogens with zero attached hydrogens (tertiary/aromatic N) is 1. The quantitative estimate of drug-likeness (QED) is 0.861. The number of rotatable bonds is 2. The lowest BCUT2D eigenvalue weighted by Gasteiger charge is -2.08. The Morgan fingerprint density at radius 1 is 1.26 bits per heavy atom. The van der Waals surface area contributed by atoms with Gasteiger partial charge in [-0.3, -0.25) is 0 Å². The van der Waals surface area contributed by atoms with Gasteiger partial charge in [-0.25, -0.2) is 17.9 Å². The summed E-state index contributed by atoms with van der Waals surface area (Å²) in [6.07, 6.45) is -3.87. The molecular weight excluding hydrogens is 288 g/mol. The molecule has 9 heteroatoms. The first kappa shape index (κ1) is 13.8. The van der Waals surface area contributed by atoms with Crippen LogP contribution in [0.1, 0.15) is 0 Å². The monoisotopic (exact) mass is 296 g/mol. The second kappa shape index (κ2) is 4.20. The first-order chi connectivity index (χ1) is 8.59. The highest BCUT2D eigenvalue weighted by molar-refractivity contribution is 7.89. The van der Waals surface area contributed by atoms with Crippen molar-refractivity contribution in [2.45, 2.75) is 17.6 Å². The number of halogens is 4. The van der Waals surface area contributed by atoms with Crippen molar-refractivity contribution in [2.24, 2.45) is 5.14 Å². The van der Waals surface area contributed by atoms with Crippen molar-refractivity contribution in [2.75, 3.05) is 0 Å². The van der Waals surface area contributed by atoms with E-state index in [9.17, 15) is 26.0 Å². The van der Waals surface area contributed by atoms with Gasteiger partial charge in [0.1, 0.15) is 17.3 Å². The van der Waals surface area contributed by atoms with E-state index in [-0.39, 0.29) is 5.52 Å². The molecule has 1 aromatic carbocycles. The number of nitrogens with two attached hydrogens (primary N) is 1. The molecule has 0 radical (unpaired) electrons. The van der Waals surface area contributed by atoms with Gasteiger partial charge in [-0.1, -0.05) is 6.07 Å². The predicted molar refractivity (Wildman–Crippen MR) is 59.3 cm³/mol. The highest BCUT2D eigenvalue weighted by Gasteiger charge is 2.30. The summed E-state index contributed by atoms with van der Waals surface area (Å²) in [4.78, 5) is -0.662. The zero-order valence-corrected chi connectivity index (χ0v) is 10.1. The Kier molecular flexibility index (Phi) is 3.06. The zero-order valence-electron chi connectivity index (χ0n) is 9.28. The predicted octanol–water partition coefficient (Wildman–Crippen LogP) is 1.99. The Balaban J connectivity index is 2.79. The molecule has 104 valence electrons. The van der Waals surface area contributed by atoms with E-state index in [1.807, 2.05) is 0 Å². The molecule has 0 aliphatic rings. The molecule has 0 bridgehead atoms. The van der Waals surface area contributed by atoms with Gasteiger partial charge in [-0.05, 0) is 12.1 Å². The summed E-state index contributed by atoms with van der Waals surface area (Å²) in [6.45, 7) is -1.43. The van der Waals surface area contributed by atoms with Crippen molar-refractivity contribution in [1.29, 1.82) is 0 Å². The fourth-order valence-corrected chi connectivity index (χ4v) is 2.57. The molecule has 2 aromatic rings. The van der Waals surface area contributed by atoms with Crippen LogP contribution in [0.15, 0.2) is 29.3 Å². The number of hydrogen-bond acceptors (Lipinski definition) is 2. The molecule has 0 fully saturated rings. The largest absolute Gasteiger partial charge is 0.406 e. The summed E-state index contributed by atoms with van der Waals surface area (Å²) >= 11 is 0. The second-order valence-electron chi connectivity index (χ2n) is 3.92. The minimum atomic E-state index is -4.56. The summed E-state index contributed by atoms with van der Waals surface area (Å²) < 4.78 is 73.9. The van der Waals surface area contributed by atoms with Gasteiger partial charge < -0.3 is 4.57 Å². The Morgan fingerprint density at radius 3 is 2.42 bits per heavy atom. The van der Waals surface area contributed by atoms with E-state index >= 15 is 0 Å². The average Bonchev–Trinajstić information content (AvgIpc) is 2.56. The smallest absolute Gasteiger partial charge is 0.337 e. The van der Waals surface area contributed by atoms with Crippen molar-refractivity contribution < 1.29 is 26.0 Å². The molecule has 4 nitrogen and oxygen atoms in total. The molecule has 0 saturated carbocycles. The third-order valence-electron chi connectivity index (χ3n) is 2.48. The van der Waals surface area contributed by atoms with E-state index in [1.165, 1.54) is 12.1 Å². The fraction of sp³-hybridized carbons (Fsp3) is 0.200. The van der Waals surface area contributed by atoms with Gasteiger partial charge in [0.2, 0.25) is 10.0 Å². The maximum absolute atomic E-state index is 13.6. The number of fused-ring (bicyclic) bond motifs is 1. The molecule has 0 saturated heterocycles. The van der Waals surface area contributed by atoms with E-state index in [4.69, 9.17) is 5.14 Å². The summed E-state index contributed by atoms with van der Waals surface area (Å²) in [6, 6.07) is 3.34. The molecule has 2 rings (SSSR count). The van der Waals surface area contributed by atoms with Crippen molar-refractivity contribution in [3.63, 3.8) is 0 Å². The van der Waals surface area contributed by atoms with E-state index in [2.05, 4.69) is 0 Å². The van der Waals surface area contributed by atoms with E-state index < -0.39 is 38.8 Å². The first-order valence-electron chi connectivity index (χ1n) is 4.96. The molecule has 0 amide bonds. The molecular formula is C10H8F4N2O2S. The van der Waals surface area contributed by atoms with Gasteiger partial charge in [-0.15, -0.1) is 0 Å². The molecule has 0 atom stereocenters. The van der Waals surface area contributed by atoms with Gasteiger partial charge in [0.05, 0.1) is 10.9 Å². The number of sulfonamides is 1. The van der Waals surface area contributed by atoms with Crippen LogP contribution in [0.4, 0.5) is 17.6 Å². The third kappa shape index (κ3) is 2.71. The maximum Gasteiger partial charge on any atom is 0.406 e. The Bertz CT molecular complexity index is 734. The molecule has 1 aromatic heterocycles. The minimum absolute atomic E-state index is 0.179. The normalized spacial score (nSPS) is 13.1. The van der Waals surface area contributed by atoms with Crippen LogP contribution < -0.4 is 5.14 Å². The lowest BCUT2D eigenvalue weighted by atomic mass is 10.2. The van der Waals surface area contributed by atoms with Crippen molar-refractivity contribution in [1.82, 2.24) is 4.57 Å². The van der Waals surface area contributed by atoms with Gasteiger partial charge in [0.15, 0.2) is 0 Å². The lowest BCUT2D eigenvalue weighted by molar-refractivity contribution is -0.139. The molecule has 0 unspecified atom stereocenters. The van der Waals surface area contributed by atoms with Crippen LogP contribution in [0, 0.1) is 5.82 Å². The number of alkyl halides is 3. The number of primary sulfonamides is 1. The number of aromatic nitrogens is 1. The van der Waals surface area contributed by atoms with Crippen LogP contribution in [0.5, 0.6) is 0 Å².